The number of benzene rings is 20. The summed E-state index contributed by atoms with van der Waals surface area (Å²) in [4.78, 5) is 2.44. The summed E-state index contributed by atoms with van der Waals surface area (Å²) >= 11 is 6.01. The zero-order chi connectivity index (χ0) is 79.5. The molecule has 2 aliphatic rings. The van der Waals surface area contributed by atoms with Crippen molar-refractivity contribution in [2.24, 2.45) is 0 Å². The van der Waals surface area contributed by atoms with Gasteiger partial charge in [-0.2, -0.15) is 0 Å². The molecule has 572 valence electrons. The molecule has 0 N–H and O–H groups in total. The highest BCUT2D eigenvalue weighted by Gasteiger charge is 2.48. The summed E-state index contributed by atoms with van der Waals surface area (Å²) in [6, 6.07) is 161. The van der Waals surface area contributed by atoms with Crippen molar-refractivity contribution in [2.75, 3.05) is 4.90 Å². The maximum atomic E-state index is 6.01. The van der Waals surface area contributed by atoms with E-state index in [1.165, 1.54) is 190 Å². The van der Waals surface area contributed by atoms with Crippen LogP contribution >= 0.6 is 11.6 Å². The molecule has 0 saturated carbocycles. The third-order valence-corrected chi connectivity index (χ3v) is 24.6. The van der Waals surface area contributed by atoms with Crippen LogP contribution in [0.25, 0.3) is 120 Å². The lowest BCUT2D eigenvalue weighted by Crippen LogP contribution is -2.28. The van der Waals surface area contributed by atoms with Gasteiger partial charge in [0, 0.05) is 22.1 Å². The number of anilines is 3. The summed E-state index contributed by atoms with van der Waals surface area (Å²) < 4.78 is 0. The van der Waals surface area contributed by atoms with Crippen molar-refractivity contribution in [3.05, 3.63) is 498 Å². The maximum absolute atomic E-state index is 6.01. The number of halogens is 1. The van der Waals surface area contributed by atoms with E-state index in [0.29, 0.717) is 0 Å². The molecule has 0 fully saturated rings. The molecule has 0 aromatic heterocycles. The van der Waals surface area contributed by atoms with Crippen LogP contribution in [0.2, 0.25) is 5.02 Å². The van der Waals surface area contributed by atoms with Gasteiger partial charge < -0.3 is 4.90 Å². The van der Waals surface area contributed by atoms with Gasteiger partial charge in [-0.3, -0.25) is 0 Å². The first-order chi connectivity index (χ1) is 58.3. The highest BCUT2D eigenvalue weighted by Crippen LogP contribution is 2.59. The molecular weight excluding hydrogens is 1450 g/mol. The number of hydrogen-bond acceptors (Lipinski definition) is 1. The van der Waals surface area contributed by atoms with Gasteiger partial charge in [-0.25, -0.2) is 0 Å². The topological polar surface area (TPSA) is 3.24 Å². The van der Waals surface area contributed by atoms with Crippen molar-refractivity contribution in [3.8, 4) is 55.6 Å². The molecule has 2 aliphatic carbocycles. The molecule has 0 saturated heterocycles. The lowest BCUT2D eigenvalue weighted by molar-refractivity contribution is 0.767. The minimum Gasteiger partial charge on any atom is -0.310 e. The van der Waals surface area contributed by atoms with E-state index in [4.69, 9.17) is 11.6 Å². The summed E-state index contributed by atoms with van der Waals surface area (Å²) in [5.74, 6) is 0. The SMILES string of the molecule is C.CCCCC.Cc1ccc2c(c1)C(c1ccccc1)(c1ccccc1)c1ccccc1-2.Clc1ccc(-c2cc3ccccc3c3ccccc23)cc1.c1ccc(C2(c3ccccc3)c3ccccc3-c3ccc(N(c4ccc(-c5cc6ccccc6c6ccccc56)cc4)c4ccc(-c5cc6ccccc6c6ccccc56)cc4)cc32)cc1. The van der Waals surface area contributed by atoms with Gasteiger partial charge in [-0.05, 0) is 238 Å². The molecule has 1 nitrogen and oxygen atoms in total. The van der Waals surface area contributed by atoms with E-state index < -0.39 is 5.41 Å². The largest absolute Gasteiger partial charge is 0.310 e. The Morgan fingerprint density at radius 2 is 0.504 bits per heavy atom. The molecule has 0 aliphatic heterocycles. The van der Waals surface area contributed by atoms with Crippen molar-refractivity contribution < 1.29 is 0 Å². The summed E-state index contributed by atoms with van der Waals surface area (Å²) in [6.45, 7) is 6.61. The molecule has 0 spiro atoms. The van der Waals surface area contributed by atoms with E-state index in [0.717, 1.165) is 22.1 Å². The Labute approximate surface area is 705 Å². The smallest absolute Gasteiger partial charge is 0.0714 e. The van der Waals surface area contributed by atoms with Gasteiger partial charge in [0.2, 0.25) is 0 Å². The first kappa shape index (κ1) is 76.3. The van der Waals surface area contributed by atoms with E-state index in [2.05, 4.69) is 456 Å². The Bertz CT molecular complexity index is 6790. The second kappa shape index (κ2) is 33.3. The summed E-state index contributed by atoms with van der Waals surface area (Å²) in [5.41, 5.74) is 26.8. The van der Waals surface area contributed by atoms with Crippen LogP contribution in [-0.2, 0) is 10.8 Å². The minimum atomic E-state index is -0.516. The van der Waals surface area contributed by atoms with E-state index in [-0.39, 0.29) is 12.8 Å². The summed E-state index contributed by atoms with van der Waals surface area (Å²) in [6.07, 6.45) is 4.08. The number of aryl methyl sites for hydroxylation is 1. The molecule has 0 amide bonds. The van der Waals surface area contributed by atoms with Crippen molar-refractivity contribution in [2.45, 2.75) is 58.3 Å². The molecular formula is C117H92ClN. The van der Waals surface area contributed by atoms with Gasteiger partial charge in [0.05, 0.1) is 10.8 Å². The molecule has 20 aromatic carbocycles. The number of nitrogens with zero attached hydrogens (tertiary/aromatic N) is 1. The van der Waals surface area contributed by atoms with Gasteiger partial charge in [-0.15, -0.1) is 0 Å². The fraction of sp³-hybridized carbons (Fsp3) is 0.0769. The Hall–Kier alpha value is -14.0. The van der Waals surface area contributed by atoms with Crippen LogP contribution in [0.1, 0.15) is 90.6 Å². The standard InChI is InChI=1S/C65H43N.C26H20.C20H13Cl.C5H12.CH4/c1-3-19-48(20-4-1)65(49-21-5-2-6-22-49)63-30-16-15-29-59(63)60-40-39-52(43-64(60)65)66(50-35-31-44(32-36-50)61-41-46-17-7-9-23-53(46)55-25-11-13-27-57(55)61)51-37-33-45(34-38-51)62-42-47-18-8-10-24-54(47)56-26-12-14-28-58(56)62;1-19-16-17-23-22-14-8-9-15-24(22)26(25(23)18-19,20-10-4-2-5-11-20)21-12-6-3-7-13-21;21-16-11-9-14(10-12-16)20-13-15-5-1-2-6-17(15)18-7-3-4-8-19(18)20;1-3-5-4-2;/h1-43H;2-18H,1H3;1-13H;3-5H2,1-2H3;1H4. The van der Waals surface area contributed by atoms with Crippen molar-refractivity contribution in [3.63, 3.8) is 0 Å². The Kier molecular flexibility index (Phi) is 21.4. The van der Waals surface area contributed by atoms with E-state index in [1.807, 2.05) is 12.1 Å². The second-order valence-electron chi connectivity index (χ2n) is 31.2. The Morgan fingerprint density at radius 3 is 0.857 bits per heavy atom. The molecule has 0 unspecified atom stereocenters. The third-order valence-electron chi connectivity index (χ3n) is 24.4. The number of fused-ring (bicyclic) bond motifs is 15. The fourth-order valence-corrected chi connectivity index (χ4v) is 19.1. The fourth-order valence-electron chi connectivity index (χ4n) is 19.0. The third kappa shape index (κ3) is 13.8. The van der Waals surface area contributed by atoms with Crippen LogP contribution in [0.4, 0.5) is 17.1 Å². The molecule has 119 heavy (non-hydrogen) atoms. The monoisotopic (exact) mass is 1550 g/mol. The first-order valence-electron chi connectivity index (χ1n) is 41.5. The zero-order valence-corrected chi connectivity index (χ0v) is 67.3. The zero-order valence-electron chi connectivity index (χ0n) is 66.6. The average Bonchev–Trinajstić information content (AvgIpc) is 1.54. The Morgan fingerprint density at radius 1 is 0.227 bits per heavy atom. The van der Waals surface area contributed by atoms with Gasteiger partial charge in [0.15, 0.2) is 0 Å². The molecule has 0 atom stereocenters. The van der Waals surface area contributed by atoms with Gasteiger partial charge >= 0.3 is 0 Å². The molecule has 20 aromatic rings. The maximum Gasteiger partial charge on any atom is 0.0714 e. The molecule has 2 heteroatoms. The van der Waals surface area contributed by atoms with E-state index >= 15 is 0 Å². The van der Waals surface area contributed by atoms with Gasteiger partial charge in [0.1, 0.15) is 0 Å². The van der Waals surface area contributed by atoms with E-state index in [1.54, 1.807) is 0 Å². The predicted octanol–water partition coefficient (Wildman–Crippen LogP) is 33.0. The van der Waals surface area contributed by atoms with Crippen LogP contribution in [0.15, 0.2) is 443 Å². The van der Waals surface area contributed by atoms with Crippen LogP contribution in [0.5, 0.6) is 0 Å². The summed E-state index contributed by atoms with van der Waals surface area (Å²) in [7, 11) is 0. The lowest BCUT2D eigenvalue weighted by Gasteiger charge is -2.35. The molecule has 22 rings (SSSR count). The van der Waals surface area contributed by atoms with Crippen LogP contribution in [0, 0.1) is 6.92 Å². The quantitative estimate of drug-likeness (QED) is 0.110. The average molecular weight is 1550 g/mol. The molecule has 0 radical (unpaired) electrons. The van der Waals surface area contributed by atoms with Crippen molar-refractivity contribution >= 4 is 93.3 Å². The van der Waals surface area contributed by atoms with Gasteiger partial charge in [0.25, 0.3) is 0 Å². The normalized spacial score (nSPS) is 12.4. The van der Waals surface area contributed by atoms with Crippen LogP contribution < -0.4 is 4.90 Å². The second-order valence-corrected chi connectivity index (χ2v) is 31.6. The highest BCUT2D eigenvalue weighted by atomic mass is 35.5. The van der Waals surface area contributed by atoms with Crippen molar-refractivity contribution in [1.82, 2.24) is 0 Å². The first-order valence-corrected chi connectivity index (χ1v) is 41.8. The lowest BCUT2D eigenvalue weighted by atomic mass is 9.67. The Balaban J connectivity index is 0.000000148. The molecule has 0 bridgehead atoms. The minimum absolute atomic E-state index is 0. The summed E-state index contributed by atoms with van der Waals surface area (Å²) in [5, 5.41) is 16.0. The van der Waals surface area contributed by atoms with Gasteiger partial charge in [-0.1, -0.05) is 434 Å². The molecule has 0 heterocycles. The number of unbranched alkanes of at least 4 members (excludes halogenated alkanes) is 2. The number of hydrogen-bond donors (Lipinski definition) is 0. The predicted molar refractivity (Wildman–Crippen MR) is 512 cm³/mol. The highest BCUT2D eigenvalue weighted by molar-refractivity contribution is 6.30. The number of rotatable bonds is 12. The van der Waals surface area contributed by atoms with Crippen molar-refractivity contribution in [1.29, 1.82) is 0 Å². The van der Waals surface area contributed by atoms with Crippen LogP contribution in [0.3, 0.4) is 0 Å². The van der Waals surface area contributed by atoms with E-state index in [9.17, 15) is 0 Å². The van der Waals surface area contributed by atoms with Crippen LogP contribution in [-0.4, -0.2) is 0 Å².